The summed E-state index contributed by atoms with van der Waals surface area (Å²) in [6.07, 6.45) is 1.25. The fraction of sp³-hybridized carbons (Fsp3) is 0.0870. The molecule has 0 saturated heterocycles. The SMILES string of the molecule is O=C(Cc1ccccc1[N+](=O)[O-])N/N=C/c1cc(Br)c(OCc2ccc(C(=O)O)cc2)c(Br)c1. The van der Waals surface area contributed by atoms with Crippen LogP contribution in [0.2, 0.25) is 0 Å². The molecule has 0 heterocycles. The third-order valence-corrected chi connectivity index (χ3v) is 5.72. The van der Waals surface area contributed by atoms with Gasteiger partial charge >= 0.3 is 5.97 Å². The van der Waals surface area contributed by atoms with Crippen molar-refractivity contribution in [3.8, 4) is 5.75 Å². The summed E-state index contributed by atoms with van der Waals surface area (Å²) in [5.74, 6) is -0.940. The van der Waals surface area contributed by atoms with Crippen LogP contribution in [0.25, 0.3) is 0 Å². The second-order valence-corrected chi connectivity index (χ2v) is 8.67. The number of benzene rings is 3. The maximum Gasteiger partial charge on any atom is 0.335 e. The number of carbonyl (C=O) groups is 2. The van der Waals surface area contributed by atoms with E-state index in [0.717, 1.165) is 5.56 Å². The smallest absolute Gasteiger partial charge is 0.335 e. The summed E-state index contributed by atoms with van der Waals surface area (Å²) in [5, 5.41) is 23.9. The number of nitro groups is 1. The van der Waals surface area contributed by atoms with Crippen LogP contribution >= 0.6 is 31.9 Å². The molecule has 9 nitrogen and oxygen atoms in total. The summed E-state index contributed by atoms with van der Waals surface area (Å²) in [5.41, 5.74) is 4.19. The second kappa shape index (κ2) is 11.5. The minimum Gasteiger partial charge on any atom is -0.487 e. The van der Waals surface area contributed by atoms with Crippen LogP contribution in [-0.4, -0.2) is 28.1 Å². The zero-order valence-electron chi connectivity index (χ0n) is 17.4. The number of hydrogen-bond acceptors (Lipinski definition) is 6. The number of para-hydroxylation sites is 1. The molecule has 3 aromatic rings. The van der Waals surface area contributed by atoms with Crippen LogP contribution < -0.4 is 10.2 Å². The Labute approximate surface area is 210 Å². The quantitative estimate of drug-likeness (QED) is 0.203. The number of nitrogens with zero attached hydrogens (tertiary/aromatic N) is 2. The average molecular weight is 591 g/mol. The maximum atomic E-state index is 12.1. The average Bonchev–Trinajstić information content (AvgIpc) is 2.79. The summed E-state index contributed by atoms with van der Waals surface area (Å²) in [6, 6.07) is 15.9. The molecular weight excluding hydrogens is 574 g/mol. The van der Waals surface area contributed by atoms with Crippen LogP contribution in [0.1, 0.15) is 27.0 Å². The number of hydrogen-bond donors (Lipinski definition) is 2. The Hall–Kier alpha value is -3.57. The Balaban J connectivity index is 1.60. The number of nitro benzene ring substituents is 1. The van der Waals surface area contributed by atoms with Crippen LogP contribution in [0.15, 0.2) is 74.7 Å². The lowest BCUT2D eigenvalue weighted by atomic mass is 10.1. The van der Waals surface area contributed by atoms with Crippen LogP contribution in [0, 0.1) is 10.1 Å². The van der Waals surface area contributed by atoms with Crippen molar-refractivity contribution in [2.75, 3.05) is 0 Å². The first-order chi connectivity index (χ1) is 16.2. The lowest BCUT2D eigenvalue weighted by Crippen LogP contribution is -2.20. The van der Waals surface area contributed by atoms with Gasteiger partial charge < -0.3 is 9.84 Å². The molecule has 0 bridgehead atoms. The van der Waals surface area contributed by atoms with Gasteiger partial charge in [0.05, 0.1) is 32.1 Å². The molecule has 0 radical (unpaired) electrons. The van der Waals surface area contributed by atoms with E-state index in [-0.39, 0.29) is 24.3 Å². The topological polar surface area (TPSA) is 131 Å². The van der Waals surface area contributed by atoms with E-state index in [1.165, 1.54) is 36.5 Å². The monoisotopic (exact) mass is 589 g/mol. The number of carbonyl (C=O) groups excluding carboxylic acids is 1. The van der Waals surface area contributed by atoms with E-state index in [0.29, 0.717) is 25.8 Å². The largest absolute Gasteiger partial charge is 0.487 e. The van der Waals surface area contributed by atoms with Gasteiger partial charge in [-0.25, -0.2) is 10.2 Å². The highest BCUT2D eigenvalue weighted by Crippen LogP contribution is 2.35. The molecule has 0 atom stereocenters. The summed E-state index contributed by atoms with van der Waals surface area (Å²) < 4.78 is 7.11. The van der Waals surface area contributed by atoms with Crippen molar-refractivity contribution in [1.82, 2.24) is 5.43 Å². The molecule has 0 aliphatic carbocycles. The molecule has 174 valence electrons. The van der Waals surface area contributed by atoms with Gasteiger partial charge in [-0.05, 0) is 67.3 Å². The molecule has 11 heteroatoms. The Bertz CT molecular complexity index is 1240. The van der Waals surface area contributed by atoms with E-state index in [2.05, 4.69) is 42.4 Å². The zero-order chi connectivity index (χ0) is 24.7. The van der Waals surface area contributed by atoms with Gasteiger partial charge in [0.2, 0.25) is 5.91 Å². The Morgan fingerprint density at radius 2 is 1.74 bits per heavy atom. The predicted octanol–water partition coefficient (Wildman–Crippen LogP) is 5.09. The van der Waals surface area contributed by atoms with Crippen molar-refractivity contribution < 1.29 is 24.4 Å². The molecule has 0 fully saturated rings. The number of ether oxygens (including phenoxy) is 1. The molecule has 0 saturated carbocycles. The number of carboxylic acids is 1. The van der Waals surface area contributed by atoms with Crippen LogP contribution in [0.5, 0.6) is 5.75 Å². The van der Waals surface area contributed by atoms with Gasteiger partial charge in [-0.15, -0.1) is 0 Å². The fourth-order valence-electron chi connectivity index (χ4n) is 2.92. The minimum atomic E-state index is -0.993. The predicted molar refractivity (Wildman–Crippen MR) is 132 cm³/mol. The summed E-state index contributed by atoms with van der Waals surface area (Å²) in [6.45, 7) is 0.228. The van der Waals surface area contributed by atoms with Crippen molar-refractivity contribution in [2.45, 2.75) is 13.0 Å². The van der Waals surface area contributed by atoms with E-state index in [4.69, 9.17) is 9.84 Å². The van der Waals surface area contributed by atoms with Crippen molar-refractivity contribution in [1.29, 1.82) is 0 Å². The van der Waals surface area contributed by atoms with Crippen LogP contribution in [0.3, 0.4) is 0 Å². The molecule has 0 unspecified atom stereocenters. The van der Waals surface area contributed by atoms with E-state index < -0.39 is 16.8 Å². The van der Waals surface area contributed by atoms with Gasteiger partial charge in [-0.1, -0.05) is 30.3 Å². The van der Waals surface area contributed by atoms with E-state index in [9.17, 15) is 19.7 Å². The highest BCUT2D eigenvalue weighted by atomic mass is 79.9. The molecule has 3 rings (SSSR count). The lowest BCUT2D eigenvalue weighted by Gasteiger charge is -2.11. The van der Waals surface area contributed by atoms with Crippen molar-refractivity contribution in [2.24, 2.45) is 5.10 Å². The summed E-state index contributed by atoms with van der Waals surface area (Å²) in [4.78, 5) is 33.6. The number of rotatable bonds is 9. The van der Waals surface area contributed by atoms with E-state index in [1.54, 1.807) is 30.3 Å². The van der Waals surface area contributed by atoms with Gasteiger partial charge in [0.15, 0.2) is 0 Å². The number of hydrazone groups is 1. The molecule has 0 aliphatic heterocycles. The third-order valence-electron chi connectivity index (χ3n) is 4.55. The molecule has 0 aromatic heterocycles. The Morgan fingerprint density at radius 1 is 1.09 bits per heavy atom. The molecule has 0 aliphatic rings. The second-order valence-electron chi connectivity index (χ2n) is 6.96. The number of carboxylic acid groups (broad SMARTS) is 1. The molecule has 34 heavy (non-hydrogen) atoms. The highest BCUT2D eigenvalue weighted by molar-refractivity contribution is 9.11. The third kappa shape index (κ3) is 6.72. The summed E-state index contributed by atoms with van der Waals surface area (Å²) >= 11 is 6.89. The molecule has 0 spiro atoms. The Kier molecular flexibility index (Phi) is 8.50. The Morgan fingerprint density at radius 3 is 2.35 bits per heavy atom. The number of amides is 1. The van der Waals surface area contributed by atoms with E-state index in [1.807, 2.05) is 0 Å². The maximum absolute atomic E-state index is 12.1. The number of nitrogens with one attached hydrogen (secondary N) is 1. The number of halogens is 2. The lowest BCUT2D eigenvalue weighted by molar-refractivity contribution is -0.385. The summed E-state index contributed by atoms with van der Waals surface area (Å²) in [7, 11) is 0. The van der Waals surface area contributed by atoms with Crippen molar-refractivity contribution in [3.63, 3.8) is 0 Å². The van der Waals surface area contributed by atoms with Crippen molar-refractivity contribution >= 4 is 55.6 Å². The molecular formula is C23H17Br2N3O6. The van der Waals surface area contributed by atoms with E-state index >= 15 is 0 Å². The van der Waals surface area contributed by atoms with Gasteiger partial charge in [0.1, 0.15) is 12.4 Å². The first kappa shape index (κ1) is 25.1. The van der Waals surface area contributed by atoms with Crippen LogP contribution in [-0.2, 0) is 17.8 Å². The van der Waals surface area contributed by atoms with Gasteiger partial charge in [-0.3, -0.25) is 14.9 Å². The van der Waals surface area contributed by atoms with Crippen LogP contribution in [0.4, 0.5) is 5.69 Å². The molecule has 2 N–H and O–H groups in total. The molecule has 1 amide bonds. The van der Waals surface area contributed by atoms with Gasteiger partial charge in [0, 0.05) is 11.6 Å². The zero-order valence-corrected chi connectivity index (χ0v) is 20.6. The first-order valence-corrected chi connectivity index (χ1v) is 11.3. The van der Waals surface area contributed by atoms with Gasteiger partial charge in [0.25, 0.3) is 5.69 Å². The van der Waals surface area contributed by atoms with Crippen molar-refractivity contribution in [3.05, 3.63) is 102 Å². The number of aromatic carboxylic acids is 1. The van der Waals surface area contributed by atoms with Gasteiger partial charge in [-0.2, -0.15) is 5.10 Å². The standard InChI is InChI=1S/C23H17Br2N3O6/c24-18-9-15(12-26-27-21(29)11-17-3-1-2-4-20(17)28(32)33)10-19(25)22(18)34-13-14-5-7-16(8-6-14)23(30)31/h1-10,12H,11,13H2,(H,27,29)(H,30,31)/b26-12+. The highest BCUT2D eigenvalue weighted by Gasteiger charge is 2.15. The molecule has 3 aromatic carbocycles. The minimum absolute atomic E-state index is 0.122. The normalized spacial score (nSPS) is 10.8. The first-order valence-electron chi connectivity index (χ1n) is 9.73. The fourth-order valence-corrected chi connectivity index (χ4v) is 4.37.